The van der Waals surface area contributed by atoms with Crippen molar-refractivity contribution in [2.75, 3.05) is 0 Å². The van der Waals surface area contributed by atoms with Crippen molar-refractivity contribution in [3.63, 3.8) is 0 Å². The first kappa shape index (κ1) is 9.15. The first-order valence-corrected chi connectivity index (χ1v) is 5.03. The van der Waals surface area contributed by atoms with Gasteiger partial charge in [0.15, 0.2) is 0 Å². The van der Waals surface area contributed by atoms with Crippen LogP contribution in [0.1, 0.15) is 16.7 Å². The summed E-state index contributed by atoms with van der Waals surface area (Å²) in [7, 11) is 0. The summed E-state index contributed by atoms with van der Waals surface area (Å²) in [5.41, 5.74) is 1.19. The minimum atomic E-state index is -0.367. The average molecular weight is 207 g/mol. The number of hydrogen-bond donors (Lipinski definition) is 0. The summed E-state index contributed by atoms with van der Waals surface area (Å²) in [6.07, 6.45) is 1.81. The molecule has 1 aliphatic rings. The Bertz CT molecular complexity index is 443. The number of carbonyl (C=O) groups excluding carboxylic acids is 1. The van der Waals surface area contributed by atoms with Gasteiger partial charge in [-0.15, -0.1) is 11.3 Å². The Morgan fingerprint density at radius 3 is 2.71 bits per heavy atom. The molecule has 0 atom stereocenters. The molecule has 2 rings (SSSR count). The van der Waals surface area contributed by atoms with Crippen LogP contribution in [0.5, 0.6) is 0 Å². The van der Waals surface area contributed by atoms with Gasteiger partial charge in [-0.2, -0.15) is 0 Å². The summed E-state index contributed by atoms with van der Waals surface area (Å²) in [6.45, 7) is 3.79. The monoisotopic (exact) mass is 207 g/mol. The third kappa shape index (κ3) is 1.61. The van der Waals surface area contributed by atoms with Gasteiger partial charge in [-0.1, -0.05) is 5.16 Å². The van der Waals surface area contributed by atoms with E-state index in [9.17, 15) is 4.79 Å². The smallest absolute Gasteiger partial charge is 0.312 e. The predicted molar refractivity (Wildman–Crippen MR) is 56.2 cm³/mol. The van der Waals surface area contributed by atoms with Gasteiger partial charge in [0, 0.05) is 9.75 Å². The van der Waals surface area contributed by atoms with Crippen molar-refractivity contribution in [2.24, 2.45) is 5.16 Å². The maximum Gasteiger partial charge on any atom is 0.367 e. The zero-order valence-electron chi connectivity index (χ0n) is 7.90. The van der Waals surface area contributed by atoms with Gasteiger partial charge >= 0.3 is 5.97 Å². The van der Waals surface area contributed by atoms with E-state index in [2.05, 4.69) is 9.99 Å². The van der Waals surface area contributed by atoms with Gasteiger partial charge in [0.1, 0.15) is 0 Å². The number of carbonyl (C=O) groups is 1. The third-order valence-electron chi connectivity index (χ3n) is 1.92. The maximum atomic E-state index is 11.2. The molecule has 0 saturated carbocycles. The van der Waals surface area contributed by atoms with E-state index in [1.165, 1.54) is 4.88 Å². The first-order chi connectivity index (χ1) is 6.66. The van der Waals surface area contributed by atoms with Crippen LogP contribution >= 0.6 is 11.3 Å². The summed E-state index contributed by atoms with van der Waals surface area (Å²) < 4.78 is 0. The lowest BCUT2D eigenvalue weighted by molar-refractivity contribution is -0.136. The molecular weight excluding hydrogens is 198 g/mol. The van der Waals surface area contributed by atoms with Crippen LogP contribution in [0.3, 0.4) is 0 Å². The molecule has 14 heavy (non-hydrogen) atoms. The van der Waals surface area contributed by atoms with Crippen LogP contribution < -0.4 is 0 Å². The molecule has 1 aromatic heterocycles. The Labute approximate surface area is 85.7 Å². The Hall–Kier alpha value is -1.42. The standard InChI is InChI=1S/C10H9NO2S/c1-6-3-4-8(14-6)5-9-7(2)11-13-10(9)12/h3-5H,1-2H3/b9-5-. The highest BCUT2D eigenvalue weighted by Crippen LogP contribution is 2.21. The number of rotatable bonds is 1. The molecule has 0 saturated heterocycles. The molecule has 0 N–H and O–H groups in total. The van der Waals surface area contributed by atoms with Crippen LogP contribution in [0.15, 0.2) is 22.9 Å². The molecule has 0 unspecified atom stereocenters. The zero-order valence-corrected chi connectivity index (χ0v) is 8.72. The maximum absolute atomic E-state index is 11.2. The average Bonchev–Trinajstić information content (AvgIpc) is 2.67. The zero-order chi connectivity index (χ0) is 10.1. The van der Waals surface area contributed by atoms with Crippen LogP contribution in [0, 0.1) is 6.92 Å². The largest absolute Gasteiger partial charge is 0.367 e. The summed E-state index contributed by atoms with van der Waals surface area (Å²) in [6, 6.07) is 4.00. The van der Waals surface area contributed by atoms with Crippen molar-refractivity contribution < 1.29 is 9.63 Å². The topological polar surface area (TPSA) is 38.7 Å². The lowest BCUT2D eigenvalue weighted by Gasteiger charge is -1.90. The Balaban J connectivity index is 2.35. The van der Waals surface area contributed by atoms with E-state index in [0.717, 1.165) is 4.88 Å². The Morgan fingerprint density at radius 2 is 2.21 bits per heavy atom. The van der Waals surface area contributed by atoms with E-state index in [0.29, 0.717) is 11.3 Å². The molecular formula is C10H9NO2S. The van der Waals surface area contributed by atoms with E-state index in [1.54, 1.807) is 18.3 Å². The van der Waals surface area contributed by atoms with Crippen LogP contribution in [0.4, 0.5) is 0 Å². The Kier molecular flexibility index (Phi) is 2.21. The van der Waals surface area contributed by atoms with Crippen molar-refractivity contribution in [1.82, 2.24) is 0 Å². The van der Waals surface area contributed by atoms with Gasteiger partial charge in [-0.25, -0.2) is 4.79 Å². The molecule has 0 radical (unpaired) electrons. The Morgan fingerprint density at radius 1 is 1.43 bits per heavy atom. The summed E-state index contributed by atoms with van der Waals surface area (Å²) in [5, 5.41) is 3.61. The second-order valence-corrected chi connectivity index (χ2v) is 4.38. The lowest BCUT2D eigenvalue weighted by atomic mass is 10.1. The second-order valence-electron chi connectivity index (χ2n) is 3.06. The quantitative estimate of drug-likeness (QED) is 0.524. The fraction of sp³-hybridized carbons (Fsp3) is 0.200. The number of aryl methyl sites for hydroxylation is 1. The minimum Gasteiger partial charge on any atom is -0.312 e. The molecule has 0 fully saturated rings. The van der Waals surface area contributed by atoms with Crippen LogP contribution in [-0.2, 0) is 9.63 Å². The SMILES string of the molecule is CC1=NOC(=O)/C1=C\c1ccc(C)s1. The highest BCUT2D eigenvalue weighted by molar-refractivity contribution is 7.12. The molecule has 3 nitrogen and oxygen atoms in total. The van der Waals surface area contributed by atoms with Crippen molar-refractivity contribution in [3.05, 3.63) is 27.5 Å². The number of thiophene rings is 1. The lowest BCUT2D eigenvalue weighted by Crippen LogP contribution is -2.01. The molecule has 1 aliphatic heterocycles. The third-order valence-corrected chi connectivity index (χ3v) is 2.87. The predicted octanol–water partition coefficient (Wildman–Crippen LogP) is 2.37. The molecule has 0 aliphatic carbocycles. The fourth-order valence-electron chi connectivity index (χ4n) is 1.19. The van der Waals surface area contributed by atoms with Crippen molar-refractivity contribution >= 4 is 29.1 Å². The van der Waals surface area contributed by atoms with Crippen molar-refractivity contribution in [1.29, 1.82) is 0 Å². The second kappa shape index (κ2) is 3.38. The van der Waals surface area contributed by atoms with Crippen LogP contribution in [-0.4, -0.2) is 11.7 Å². The van der Waals surface area contributed by atoms with Gasteiger partial charge in [0.05, 0.1) is 11.3 Å². The number of oxime groups is 1. The molecule has 4 heteroatoms. The molecule has 0 spiro atoms. The van der Waals surface area contributed by atoms with E-state index in [-0.39, 0.29) is 5.97 Å². The minimum absolute atomic E-state index is 0.367. The number of hydrogen-bond acceptors (Lipinski definition) is 4. The van der Waals surface area contributed by atoms with Gasteiger partial charge in [-0.3, -0.25) is 0 Å². The highest BCUT2D eigenvalue weighted by Gasteiger charge is 2.21. The molecule has 1 aromatic rings. The normalized spacial score (nSPS) is 18.6. The summed E-state index contributed by atoms with van der Waals surface area (Å²) in [5.74, 6) is -0.367. The van der Waals surface area contributed by atoms with Gasteiger partial charge in [-0.05, 0) is 32.1 Å². The summed E-state index contributed by atoms with van der Waals surface area (Å²) in [4.78, 5) is 18.0. The molecule has 0 bridgehead atoms. The van der Waals surface area contributed by atoms with E-state index in [4.69, 9.17) is 0 Å². The molecule has 2 heterocycles. The first-order valence-electron chi connectivity index (χ1n) is 4.21. The van der Waals surface area contributed by atoms with Crippen LogP contribution in [0.25, 0.3) is 6.08 Å². The summed E-state index contributed by atoms with van der Waals surface area (Å²) >= 11 is 1.64. The van der Waals surface area contributed by atoms with E-state index >= 15 is 0 Å². The fourth-order valence-corrected chi connectivity index (χ4v) is 2.01. The van der Waals surface area contributed by atoms with E-state index in [1.807, 2.05) is 25.1 Å². The highest BCUT2D eigenvalue weighted by atomic mass is 32.1. The van der Waals surface area contributed by atoms with Gasteiger partial charge in [0.25, 0.3) is 0 Å². The number of nitrogens with zero attached hydrogens (tertiary/aromatic N) is 1. The van der Waals surface area contributed by atoms with Crippen molar-refractivity contribution in [2.45, 2.75) is 13.8 Å². The molecule has 0 aromatic carbocycles. The van der Waals surface area contributed by atoms with Gasteiger partial charge in [0.2, 0.25) is 0 Å². The van der Waals surface area contributed by atoms with E-state index < -0.39 is 0 Å². The molecule has 72 valence electrons. The van der Waals surface area contributed by atoms with Crippen molar-refractivity contribution in [3.8, 4) is 0 Å². The van der Waals surface area contributed by atoms with Crippen LogP contribution in [0.2, 0.25) is 0 Å². The van der Waals surface area contributed by atoms with Gasteiger partial charge < -0.3 is 4.84 Å². The molecule has 0 amide bonds.